The van der Waals surface area contributed by atoms with Crippen molar-refractivity contribution < 1.29 is 15.0 Å². The summed E-state index contributed by atoms with van der Waals surface area (Å²) in [7, 11) is 0. The van der Waals surface area contributed by atoms with Crippen molar-refractivity contribution in [1.82, 2.24) is 9.91 Å². The lowest BCUT2D eigenvalue weighted by atomic mass is 10.2. The van der Waals surface area contributed by atoms with E-state index in [-0.39, 0.29) is 18.5 Å². The Morgan fingerprint density at radius 1 is 1.56 bits per heavy atom. The molecule has 0 spiro atoms. The third kappa shape index (κ3) is 4.34. The second kappa shape index (κ2) is 7.76. The van der Waals surface area contributed by atoms with E-state index in [1.807, 2.05) is 0 Å². The molecule has 25 heavy (non-hydrogen) atoms. The molecule has 1 aliphatic heterocycles. The van der Waals surface area contributed by atoms with Crippen molar-refractivity contribution in [2.45, 2.75) is 18.8 Å². The summed E-state index contributed by atoms with van der Waals surface area (Å²) in [4.78, 5) is 16.3. The fourth-order valence-corrected chi connectivity index (χ4v) is 2.81. The molecule has 0 aliphatic carbocycles. The van der Waals surface area contributed by atoms with E-state index in [2.05, 4.69) is 10.1 Å². The summed E-state index contributed by atoms with van der Waals surface area (Å²) in [6.07, 6.45) is 1.43. The number of alkyl halides is 1. The molecule has 0 saturated carbocycles. The molecule has 1 aliphatic rings. The van der Waals surface area contributed by atoms with Crippen LogP contribution >= 0.6 is 34.8 Å². The van der Waals surface area contributed by atoms with Gasteiger partial charge in [0.2, 0.25) is 11.8 Å². The van der Waals surface area contributed by atoms with E-state index in [0.717, 1.165) is 0 Å². The molecule has 1 aromatic carbocycles. The first-order valence-corrected chi connectivity index (χ1v) is 8.37. The van der Waals surface area contributed by atoms with E-state index in [4.69, 9.17) is 40.5 Å². The van der Waals surface area contributed by atoms with Crippen LogP contribution in [0.15, 0.2) is 28.3 Å². The van der Waals surface area contributed by atoms with Gasteiger partial charge in [-0.05, 0) is 19.1 Å². The fourth-order valence-electron chi connectivity index (χ4n) is 2.14. The van der Waals surface area contributed by atoms with E-state index in [1.165, 1.54) is 23.0 Å². The van der Waals surface area contributed by atoms with Crippen molar-refractivity contribution in [2.75, 3.05) is 12.5 Å². The van der Waals surface area contributed by atoms with Crippen LogP contribution in [0, 0.1) is 0 Å². The molecular weight excluding hydrogens is 393 g/mol. The highest BCUT2D eigenvalue weighted by molar-refractivity contribution is 6.36. The highest BCUT2D eigenvalue weighted by Gasteiger charge is 2.44. The smallest absolute Gasteiger partial charge is 0.320 e. The zero-order valence-electron chi connectivity index (χ0n) is 13.1. The minimum atomic E-state index is -1.94. The quantitative estimate of drug-likeness (QED) is 0.503. The van der Waals surface area contributed by atoms with Crippen LogP contribution in [0.5, 0.6) is 0 Å². The molecule has 0 radical (unpaired) electrons. The highest BCUT2D eigenvalue weighted by Crippen LogP contribution is 2.25. The number of nitrogens with two attached hydrogens (primary N) is 1. The summed E-state index contributed by atoms with van der Waals surface area (Å²) in [5, 5.41) is 25.9. The maximum absolute atomic E-state index is 11.3. The number of benzene rings is 1. The van der Waals surface area contributed by atoms with Crippen molar-refractivity contribution in [2.24, 2.45) is 15.8 Å². The first kappa shape index (κ1) is 19.7. The normalized spacial score (nSPS) is 22.9. The average molecular weight is 409 g/mol. The number of guanidine groups is 1. The van der Waals surface area contributed by atoms with E-state index < -0.39 is 17.9 Å². The van der Waals surface area contributed by atoms with Crippen LogP contribution < -0.4 is 5.73 Å². The number of carbonyl (C=O) groups is 1. The van der Waals surface area contributed by atoms with Crippen molar-refractivity contribution >= 4 is 52.9 Å². The first-order chi connectivity index (χ1) is 11.7. The zero-order chi connectivity index (χ0) is 18.8. The zero-order valence-corrected chi connectivity index (χ0v) is 15.4. The van der Waals surface area contributed by atoms with Gasteiger partial charge < -0.3 is 15.9 Å². The van der Waals surface area contributed by atoms with Gasteiger partial charge in [0.05, 0.1) is 17.1 Å². The summed E-state index contributed by atoms with van der Waals surface area (Å²) < 4.78 is 0. The molecule has 2 rings (SSSR count). The van der Waals surface area contributed by atoms with E-state index in [9.17, 15) is 15.0 Å². The van der Waals surface area contributed by atoms with Crippen molar-refractivity contribution in [1.29, 1.82) is 0 Å². The largest absolute Gasteiger partial charge is 0.480 e. The molecule has 0 amide bonds. The van der Waals surface area contributed by atoms with Crippen LogP contribution in [0.4, 0.5) is 0 Å². The number of halogens is 3. The second-order valence-electron chi connectivity index (χ2n) is 5.31. The highest BCUT2D eigenvalue weighted by atomic mass is 35.5. The third-order valence-electron chi connectivity index (χ3n) is 3.61. The van der Waals surface area contributed by atoms with Crippen LogP contribution in [0.2, 0.25) is 10.0 Å². The summed E-state index contributed by atoms with van der Waals surface area (Å²) in [6.45, 7) is 1.27. The molecule has 0 saturated heterocycles. The van der Waals surface area contributed by atoms with Gasteiger partial charge in [-0.15, -0.1) is 11.6 Å². The summed E-state index contributed by atoms with van der Waals surface area (Å²) in [6, 6.07) is 3.80. The van der Waals surface area contributed by atoms with Gasteiger partial charge in [0.1, 0.15) is 12.7 Å². The minimum Gasteiger partial charge on any atom is -0.480 e. The molecule has 0 aromatic heterocycles. The number of aliphatic carboxylic acids is 1. The van der Waals surface area contributed by atoms with Gasteiger partial charge in [0.25, 0.3) is 0 Å². The molecule has 1 aromatic rings. The Morgan fingerprint density at radius 2 is 2.24 bits per heavy atom. The van der Waals surface area contributed by atoms with Crippen LogP contribution in [0.25, 0.3) is 0 Å². The lowest BCUT2D eigenvalue weighted by molar-refractivity contribution is -0.164. The molecule has 0 unspecified atom stereocenters. The molecular formula is C14H16Cl3N5O3. The molecule has 0 bridgehead atoms. The van der Waals surface area contributed by atoms with Gasteiger partial charge in [0.15, 0.2) is 0 Å². The number of aliphatic hydroxyl groups is 1. The Labute approximate surface area is 159 Å². The Balaban J connectivity index is 2.31. The standard InChI is InChI=1S/C14H16Cl3N5O3/c1-8(12(23)24)21-7-22(13(18)20-14(21,25)6-15)19-5-9-2-3-10(16)4-11(9)17/h2-5,8,25H,6-7H2,1H3,(H2,18,20)(H,23,24)/b19-5+/t8-,14+/m0/s1. The molecule has 4 N–H and O–H groups in total. The Hall–Kier alpha value is -1.58. The number of aliphatic imine (C=N–C) groups is 1. The molecule has 2 atom stereocenters. The SMILES string of the molecule is C[C@@H](C(=O)O)N1CN(/N=C/c2ccc(Cl)cc2Cl)C(N)=N[C@]1(O)CCl. The lowest BCUT2D eigenvalue weighted by Gasteiger charge is -2.43. The third-order valence-corrected chi connectivity index (χ3v) is 4.53. The molecule has 136 valence electrons. The molecule has 11 heteroatoms. The van der Waals surface area contributed by atoms with E-state index in [1.54, 1.807) is 18.2 Å². The number of hydrazone groups is 1. The topological polar surface area (TPSA) is 115 Å². The summed E-state index contributed by atoms with van der Waals surface area (Å²) in [5.74, 6) is -3.55. The van der Waals surface area contributed by atoms with Gasteiger partial charge in [-0.25, -0.2) is 14.9 Å². The number of rotatable bonds is 5. The summed E-state index contributed by atoms with van der Waals surface area (Å²) in [5.41, 5.74) is 6.39. The van der Waals surface area contributed by atoms with Crippen molar-refractivity contribution in [3.05, 3.63) is 33.8 Å². The van der Waals surface area contributed by atoms with E-state index in [0.29, 0.717) is 15.6 Å². The van der Waals surface area contributed by atoms with Gasteiger partial charge >= 0.3 is 5.97 Å². The molecule has 8 nitrogen and oxygen atoms in total. The minimum absolute atomic E-state index is 0.113. The van der Waals surface area contributed by atoms with Gasteiger partial charge in [-0.1, -0.05) is 29.3 Å². The maximum Gasteiger partial charge on any atom is 0.320 e. The maximum atomic E-state index is 11.3. The second-order valence-corrected chi connectivity index (χ2v) is 6.42. The fraction of sp³-hybridized carbons (Fsp3) is 0.357. The number of carboxylic acids is 1. The Morgan fingerprint density at radius 3 is 2.80 bits per heavy atom. The number of hydrogen-bond donors (Lipinski definition) is 3. The van der Waals surface area contributed by atoms with Gasteiger partial charge in [-0.3, -0.25) is 4.79 Å². The lowest BCUT2D eigenvalue weighted by Crippen LogP contribution is -2.63. The van der Waals surface area contributed by atoms with Crippen LogP contribution in [0.1, 0.15) is 12.5 Å². The van der Waals surface area contributed by atoms with Crippen LogP contribution in [-0.4, -0.2) is 62.7 Å². The van der Waals surface area contributed by atoms with Crippen molar-refractivity contribution in [3.63, 3.8) is 0 Å². The van der Waals surface area contributed by atoms with Gasteiger partial charge in [0, 0.05) is 10.6 Å². The predicted molar refractivity (Wildman–Crippen MR) is 97.0 cm³/mol. The Kier molecular flexibility index (Phi) is 6.12. The van der Waals surface area contributed by atoms with E-state index >= 15 is 0 Å². The van der Waals surface area contributed by atoms with Gasteiger partial charge in [-0.2, -0.15) is 5.10 Å². The first-order valence-electron chi connectivity index (χ1n) is 7.07. The van der Waals surface area contributed by atoms with Crippen molar-refractivity contribution in [3.8, 4) is 0 Å². The molecule has 1 heterocycles. The summed E-state index contributed by atoms with van der Waals surface area (Å²) >= 11 is 17.7. The number of carboxylic acid groups (broad SMARTS) is 1. The molecule has 0 fully saturated rings. The van der Waals surface area contributed by atoms with Crippen LogP contribution in [-0.2, 0) is 4.79 Å². The average Bonchev–Trinajstić information content (AvgIpc) is 2.54. The van der Waals surface area contributed by atoms with Crippen LogP contribution in [0.3, 0.4) is 0 Å². The Bertz CT molecular complexity index is 730. The number of nitrogens with zero attached hydrogens (tertiary/aromatic N) is 4. The number of hydrogen-bond acceptors (Lipinski definition) is 7. The predicted octanol–water partition coefficient (Wildman–Crippen LogP) is 1.58. The monoisotopic (exact) mass is 407 g/mol.